The molecule has 0 aliphatic rings. The molecule has 0 unspecified atom stereocenters. The van der Waals surface area contributed by atoms with E-state index in [1.165, 1.54) is 0 Å². The topological polar surface area (TPSA) is 42.7 Å². The lowest BCUT2D eigenvalue weighted by Crippen LogP contribution is -2.21. The molecule has 0 spiro atoms. The lowest BCUT2D eigenvalue weighted by molar-refractivity contribution is 0.531. The molecule has 4 heteroatoms. The molecular formula is C8H16N4. The third-order valence-corrected chi connectivity index (χ3v) is 1.64. The molecule has 1 heterocycles. The Bertz CT molecular complexity index is 229. The van der Waals surface area contributed by atoms with Gasteiger partial charge in [-0.05, 0) is 12.5 Å². The molecule has 68 valence electrons. The highest BCUT2D eigenvalue weighted by Gasteiger charge is 1.99. The van der Waals surface area contributed by atoms with Crippen molar-refractivity contribution in [1.29, 1.82) is 0 Å². The van der Waals surface area contributed by atoms with Gasteiger partial charge in [-0.3, -0.25) is 4.68 Å². The number of aromatic nitrogens is 3. The summed E-state index contributed by atoms with van der Waals surface area (Å²) < 4.78 is 1.79. The molecule has 0 fully saturated rings. The second-order valence-corrected chi connectivity index (χ2v) is 3.32. The summed E-state index contributed by atoms with van der Waals surface area (Å²) in [5.41, 5.74) is 0. The van der Waals surface area contributed by atoms with Crippen LogP contribution in [0.3, 0.4) is 0 Å². The molecule has 4 nitrogen and oxygen atoms in total. The predicted molar refractivity (Wildman–Crippen MR) is 47.5 cm³/mol. The van der Waals surface area contributed by atoms with E-state index in [9.17, 15) is 0 Å². The van der Waals surface area contributed by atoms with E-state index in [1.54, 1.807) is 11.0 Å². The zero-order valence-corrected chi connectivity index (χ0v) is 7.91. The highest BCUT2D eigenvalue weighted by atomic mass is 15.3. The average Bonchev–Trinajstić information content (AvgIpc) is 2.36. The smallest absolute Gasteiger partial charge is 0.140 e. The second-order valence-electron chi connectivity index (χ2n) is 3.32. The molecule has 0 radical (unpaired) electrons. The van der Waals surface area contributed by atoms with Gasteiger partial charge in [0.1, 0.15) is 12.2 Å². The SMILES string of the molecule is CC(C)CNCc1ncnn1C. The summed E-state index contributed by atoms with van der Waals surface area (Å²) in [7, 11) is 1.90. The average molecular weight is 168 g/mol. The van der Waals surface area contributed by atoms with Crippen LogP contribution in [0.1, 0.15) is 19.7 Å². The van der Waals surface area contributed by atoms with Crippen molar-refractivity contribution in [2.24, 2.45) is 13.0 Å². The summed E-state index contributed by atoms with van der Waals surface area (Å²) in [6.45, 7) is 6.19. The molecule has 0 amide bonds. The zero-order chi connectivity index (χ0) is 8.97. The van der Waals surface area contributed by atoms with Gasteiger partial charge in [0.2, 0.25) is 0 Å². The minimum Gasteiger partial charge on any atom is -0.310 e. The molecule has 12 heavy (non-hydrogen) atoms. The highest BCUT2D eigenvalue weighted by molar-refractivity contribution is 4.81. The Kier molecular flexibility index (Phi) is 3.22. The summed E-state index contributed by atoms with van der Waals surface area (Å²) in [6, 6.07) is 0. The van der Waals surface area contributed by atoms with Crippen LogP contribution < -0.4 is 5.32 Å². The van der Waals surface area contributed by atoms with Crippen LogP contribution >= 0.6 is 0 Å². The van der Waals surface area contributed by atoms with Crippen LogP contribution in [-0.2, 0) is 13.6 Å². The molecule has 0 atom stereocenters. The summed E-state index contributed by atoms with van der Waals surface area (Å²) in [6.07, 6.45) is 1.58. The van der Waals surface area contributed by atoms with Crippen molar-refractivity contribution < 1.29 is 0 Å². The van der Waals surface area contributed by atoms with Gasteiger partial charge in [0.15, 0.2) is 0 Å². The van der Waals surface area contributed by atoms with Gasteiger partial charge in [-0.1, -0.05) is 13.8 Å². The first kappa shape index (κ1) is 9.19. The van der Waals surface area contributed by atoms with E-state index in [0.29, 0.717) is 5.92 Å². The maximum absolute atomic E-state index is 4.10. The third-order valence-electron chi connectivity index (χ3n) is 1.64. The number of hydrogen-bond donors (Lipinski definition) is 1. The van der Waals surface area contributed by atoms with Gasteiger partial charge in [-0.25, -0.2) is 4.98 Å². The van der Waals surface area contributed by atoms with Gasteiger partial charge in [0.25, 0.3) is 0 Å². The summed E-state index contributed by atoms with van der Waals surface area (Å²) >= 11 is 0. The standard InChI is InChI=1S/C8H16N4/c1-7(2)4-9-5-8-10-6-11-12(8)3/h6-7,9H,4-5H2,1-3H3. The van der Waals surface area contributed by atoms with Crippen LogP contribution in [0.5, 0.6) is 0 Å². The quantitative estimate of drug-likeness (QED) is 0.714. The fourth-order valence-corrected chi connectivity index (χ4v) is 0.953. The number of aryl methyl sites for hydroxylation is 1. The summed E-state index contributed by atoms with van der Waals surface area (Å²) in [4.78, 5) is 4.10. The zero-order valence-electron chi connectivity index (χ0n) is 7.91. The lowest BCUT2D eigenvalue weighted by atomic mass is 10.2. The van der Waals surface area contributed by atoms with E-state index in [-0.39, 0.29) is 0 Å². The molecule has 0 aliphatic heterocycles. The molecule has 1 aromatic rings. The van der Waals surface area contributed by atoms with E-state index >= 15 is 0 Å². The Labute approximate surface area is 73.0 Å². The Morgan fingerprint density at radius 3 is 2.83 bits per heavy atom. The molecule has 0 saturated carbocycles. The second kappa shape index (κ2) is 4.21. The normalized spacial score (nSPS) is 11.0. The molecule has 0 saturated heterocycles. The van der Waals surface area contributed by atoms with E-state index in [4.69, 9.17) is 0 Å². The Morgan fingerprint density at radius 2 is 2.33 bits per heavy atom. The van der Waals surface area contributed by atoms with E-state index in [2.05, 4.69) is 29.2 Å². The van der Waals surface area contributed by atoms with Crippen LogP contribution in [0.4, 0.5) is 0 Å². The van der Waals surface area contributed by atoms with E-state index < -0.39 is 0 Å². The molecule has 0 aliphatic carbocycles. The lowest BCUT2D eigenvalue weighted by Gasteiger charge is -2.05. The fraction of sp³-hybridized carbons (Fsp3) is 0.750. The summed E-state index contributed by atoms with van der Waals surface area (Å²) in [5.74, 6) is 1.66. The van der Waals surface area contributed by atoms with Gasteiger partial charge in [-0.15, -0.1) is 0 Å². The molecule has 1 aromatic heterocycles. The van der Waals surface area contributed by atoms with E-state index in [0.717, 1.165) is 18.9 Å². The van der Waals surface area contributed by atoms with Crippen molar-refractivity contribution in [2.75, 3.05) is 6.54 Å². The monoisotopic (exact) mass is 168 g/mol. The molecule has 1 N–H and O–H groups in total. The summed E-state index contributed by atoms with van der Waals surface area (Å²) in [5, 5.41) is 7.28. The maximum atomic E-state index is 4.10. The van der Waals surface area contributed by atoms with E-state index in [1.807, 2.05) is 7.05 Å². The highest BCUT2D eigenvalue weighted by Crippen LogP contribution is 1.91. The van der Waals surface area contributed by atoms with Crippen molar-refractivity contribution >= 4 is 0 Å². The first-order valence-electron chi connectivity index (χ1n) is 4.23. The number of hydrogen-bond acceptors (Lipinski definition) is 3. The van der Waals surface area contributed by atoms with Crippen molar-refractivity contribution in [3.63, 3.8) is 0 Å². The van der Waals surface area contributed by atoms with Crippen molar-refractivity contribution in [3.8, 4) is 0 Å². The molecule has 0 bridgehead atoms. The first-order chi connectivity index (χ1) is 5.70. The van der Waals surface area contributed by atoms with Crippen LogP contribution in [0, 0.1) is 5.92 Å². The molecular weight excluding hydrogens is 152 g/mol. The van der Waals surface area contributed by atoms with Crippen molar-refractivity contribution in [3.05, 3.63) is 12.2 Å². The van der Waals surface area contributed by atoms with Gasteiger partial charge >= 0.3 is 0 Å². The minimum atomic E-state index is 0.679. The van der Waals surface area contributed by atoms with Crippen molar-refractivity contribution in [1.82, 2.24) is 20.1 Å². The van der Waals surface area contributed by atoms with Gasteiger partial charge in [0, 0.05) is 7.05 Å². The Morgan fingerprint density at radius 1 is 1.58 bits per heavy atom. The Hall–Kier alpha value is -0.900. The minimum absolute atomic E-state index is 0.679. The number of rotatable bonds is 4. The van der Waals surface area contributed by atoms with Crippen LogP contribution in [0.2, 0.25) is 0 Å². The van der Waals surface area contributed by atoms with Crippen LogP contribution in [0.15, 0.2) is 6.33 Å². The van der Waals surface area contributed by atoms with Crippen molar-refractivity contribution in [2.45, 2.75) is 20.4 Å². The first-order valence-corrected chi connectivity index (χ1v) is 4.23. The predicted octanol–water partition coefficient (Wildman–Crippen LogP) is 0.561. The largest absolute Gasteiger partial charge is 0.310 e. The number of nitrogens with zero attached hydrogens (tertiary/aromatic N) is 3. The van der Waals surface area contributed by atoms with Crippen LogP contribution in [-0.4, -0.2) is 21.3 Å². The van der Waals surface area contributed by atoms with Crippen LogP contribution in [0.25, 0.3) is 0 Å². The third kappa shape index (κ3) is 2.62. The maximum Gasteiger partial charge on any atom is 0.140 e. The van der Waals surface area contributed by atoms with Gasteiger partial charge < -0.3 is 5.32 Å². The number of nitrogens with one attached hydrogen (secondary N) is 1. The van der Waals surface area contributed by atoms with Gasteiger partial charge in [-0.2, -0.15) is 5.10 Å². The molecule has 0 aromatic carbocycles. The van der Waals surface area contributed by atoms with Gasteiger partial charge in [0.05, 0.1) is 6.54 Å². The fourth-order valence-electron chi connectivity index (χ4n) is 0.953. The molecule has 1 rings (SSSR count). The Balaban J connectivity index is 2.29.